The lowest BCUT2D eigenvalue weighted by Crippen LogP contribution is -2.40. The molecule has 0 heterocycles. The largest absolute Gasteiger partial charge is 0.478 e. The molecule has 1 aromatic rings. The van der Waals surface area contributed by atoms with E-state index < -0.39 is 21.6 Å². The number of rotatable bonds is 7. The molecule has 0 aliphatic carbocycles. The molecule has 1 aromatic carbocycles. The molecule has 7 heteroatoms. The summed E-state index contributed by atoms with van der Waals surface area (Å²) in [6, 6.07) is 4.01. The highest BCUT2D eigenvalue weighted by Crippen LogP contribution is 2.18. The third-order valence-electron chi connectivity index (χ3n) is 2.95. The summed E-state index contributed by atoms with van der Waals surface area (Å²) in [5, 5.41) is 8.96. The summed E-state index contributed by atoms with van der Waals surface area (Å²) in [6.45, 7) is 7.58. The first-order valence-corrected chi connectivity index (χ1v) is 8.05. The second-order valence-electron chi connectivity index (χ2n) is 5.30. The molecule has 0 aliphatic heterocycles. The summed E-state index contributed by atoms with van der Waals surface area (Å²) in [6.07, 6.45) is 0. The van der Waals surface area contributed by atoms with Gasteiger partial charge in [0.25, 0.3) is 0 Å². The highest BCUT2D eigenvalue weighted by Gasteiger charge is 2.24. The summed E-state index contributed by atoms with van der Waals surface area (Å²) >= 11 is 0. The van der Waals surface area contributed by atoms with Crippen LogP contribution in [0.1, 0.15) is 36.7 Å². The number of hydrogen-bond acceptors (Lipinski definition) is 4. The van der Waals surface area contributed by atoms with E-state index in [1.54, 1.807) is 20.8 Å². The zero-order chi connectivity index (χ0) is 16.3. The van der Waals surface area contributed by atoms with Gasteiger partial charge in [-0.15, -0.1) is 0 Å². The lowest BCUT2D eigenvalue weighted by Gasteiger charge is -2.25. The van der Waals surface area contributed by atoms with Gasteiger partial charge >= 0.3 is 5.97 Å². The minimum absolute atomic E-state index is 0.0327. The van der Waals surface area contributed by atoms with Crippen LogP contribution in [-0.2, 0) is 14.8 Å². The Kier molecular flexibility index (Phi) is 5.49. The number of benzene rings is 1. The Hall–Kier alpha value is -1.44. The predicted octanol–water partition coefficient (Wildman–Crippen LogP) is 1.79. The van der Waals surface area contributed by atoms with E-state index in [1.807, 2.05) is 6.92 Å². The maximum absolute atomic E-state index is 12.3. The molecule has 0 amide bonds. The van der Waals surface area contributed by atoms with Crippen molar-refractivity contribution in [3.8, 4) is 0 Å². The summed E-state index contributed by atoms with van der Waals surface area (Å²) in [4.78, 5) is 10.9. The SMILES string of the molecule is CCOC(C)(C)CNS(=O)(=O)c1cc(C(=O)O)ccc1C. The Balaban J connectivity index is 3.03. The van der Waals surface area contributed by atoms with E-state index in [0.29, 0.717) is 12.2 Å². The molecule has 0 unspecified atom stereocenters. The third-order valence-corrected chi connectivity index (χ3v) is 4.49. The molecule has 0 aliphatic rings. The molecular formula is C14H21NO5S. The number of carbonyl (C=O) groups is 1. The van der Waals surface area contributed by atoms with E-state index >= 15 is 0 Å². The number of carboxylic acids is 1. The Morgan fingerprint density at radius 3 is 2.52 bits per heavy atom. The molecule has 21 heavy (non-hydrogen) atoms. The molecule has 0 saturated carbocycles. The Bertz CT molecular complexity index is 622. The Morgan fingerprint density at radius 2 is 2.00 bits per heavy atom. The molecule has 0 atom stereocenters. The monoisotopic (exact) mass is 315 g/mol. The fraction of sp³-hybridized carbons (Fsp3) is 0.500. The molecule has 118 valence electrons. The van der Waals surface area contributed by atoms with Crippen LogP contribution in [-0.4, -0.2) is 38.2 Å². The van der Waals surface area contributed by atoms with E-state index in [4.69, 9.17) is 9.84 Å². The predicted molar refractivity (Wildman–Crippen MR) is 79.0 cm³/mol. The topological polar surface area (TPSA) is 92.7 Å². The van der Waals surface area contributed by atoms with Crippen molar-refractivity contribution in [3.05, 3.63) is 29.3 Å². The van der Waals surface area contributed by atoms with Crippen molar-refractivity contribution in [1.29, 1.82) is 0 Å². The van der Waals surface area contributed by atoms with Crippen LogP contribution < -0.4 is 4.72 Å². The van der Waals surface area contributed by atoms with Gasteiger partial charge in [-0.2, -0.15) is 0 Å². The van der Waals surface area contributed by atoms with Crippen molar-refractivity contribution in [2.24, 2.45) is 0 Å². The van der Waals surface area contributed by atoms with Gasteiger partial charge in [-0.25, -0.2) is 17.9 Å². The maximum atomic E-state index is 12.3. The van der Waals surface area contributed by atoms with E-state index in [0.717, 1.165) is 6.07 Å². The van der Waals surface area contributed by atoms with Crippen LogP contribution in [0.15, 0.2) is 23.1 Å². The first-order valence-electron chi connectivity index (χ1n) is 6.56. The smallest absolute Gasteiger partial charge is 0.335 e. The fourth-order valence-corrected chi connectivity index (χ4v) is 3.28. The Morgan fingerprint density at radius 1 is 1.38 bits per heavy atom. The highest BCUT2D eigenvalue weighted by molar-refractivity contribution is 7.89. The van der Waals surface area contributed by atoms with Gasteiger partial charge in [-0.1, -0.05) is 6.07 Å². The van der Waals surface area contributed by atoms with Gasteiger partial charge in [0.1, 0.15) is 0 Å². The quantitative estimate of drug-likeness (QED) is 0.800. The van der Waals surface area contributed by atoms with Crippen molar-refractivity contribution in [2.75, 3.05) is 13.2 Å². The van der Waals surface area contributed by atoms with Crippen molar-refractivity contribution in [2.45, 2.75) is 38.2 Å². The number of aryl methyl sites for hydroxylation is 1. The average molecular weight is 315 g/mol. The molecule has 1 rings (SSSR count). The minimum Gasteiger partial charge on any atom is -0.478 e. The Labute approximate surface area is 125 Å². The molecular weight excluding hydrogens is 294 g/mol. The molecule has 0 bridgehead atoms. The van der Waals surface area contributed by atoms with Crippen LogP contribution in [0.2, 0.25) is 0 Å². The zero-order valence-electron chi connectivity index (χ0n) is 12.6. The number of nitrogens with one attached hydrogen (secondary N) is 1. The maximum Gasteiger partial charge on any atom is 0.335 e. The summed E-state index contributed by atoms with van der Waals surface area (Å²) in [5.74, 6) is -1.17. The van der Waals surface area contributed by atoms with Crippen molar-refractivity contribution in [1.82, 2.24) is 4.72 Å². The first kappa shape index (κ1) is 17.6. The first-order chi connectivity index (χ1) is 9.59. The van der Waals surface area contributed by atoms with Gasteiger partial charge in [0.2, 0.25) is 10.0 Å². The molecule has 0 fully saturated rings. The molecule has 6 nitrogen and oxygen atoms in total. The number of sulfonamides is 1. The molecule has 0 saturated heterocycles. The van der Waals surface area contributed by atoms with Crippen LogP contribution >= 0.6 is 0 Å². The van der Waals surface area contributed by atoms with Gasteiger partial charge in [-0.05, 0) is 45.4 Å². The lowest BCUT2D eigenvalue weighted by atomic mass is 10.1. The van der Waals surface area contributed by atoms with E-state index in [9.17, 15) is 13.2 Å². The lowest BCUT2D eigenvalue weighted by molar-refractivity contribution is -0.00515. The van der Waals surface area contributed by atoms with Crippen LogP contribution in [0.3, 0.4) is 0 Å². The summed E-state index contributed by atoms with van der Waals surface area (Å²) in [7, 11) is -3.79. The van der Waals surface area contributed by atoms with E-state index in [-0.39, 0.29) is 17.0 Å². The van der Waals surface area contributed by atoms with Gasteiger partial charge in [0, 0.05) is 13.2 Å². The second kappa shape index (κ2) is 6.55. The van der Waals surface area contributed by atoms with E-state index in [2.05, 4.69) is 4.72 Å². The van der Waals surface area contributed by atoms with Crippen LogP contribution in [0, 0.1) is 6.92 Å². The average Bonchev–Trinajstić information content (AvgIpc) is 2.36. The summed E-state index contributed by atoms with van der Waals surface area (Å²) in [5.41, 5.74) is -0.216. The summed E-state index contributed by atoms with van der Waals surface area (Å²) < 4.78 is 32.5. The molecule has 0 spiro atoms. The number of aromatic carboxylic acids is 1. The van der Waals surface area contributed by atoms with Crippen molar-refractivity contribution >= 4 is 16.0 Å². The molecule has 0 aromatic heterocycles. The van der Waals surface area contributed by atoms with Crippen LogP contribution in [0.4, 0.5) is 0 Å². The van der Waals surface area contributed by atoms with Gasteiger partial charge in [0.15, 0.2) is 0 Å². The minimum atomic E-state index is -3.79. The van der Waals surface area contributed by atoms with Crippen LogP contribution in [0.25, 0.3) is 0 Å². The standard InChI is InChI=1S/C14H21NO5S/c1-5-20-14(3,4)9-15-21(18,19)12-8-11(13(16)17)7-6-10(12)2/h6-8,15H,5,9H2,1-4H3,(H,16,17). The highest BCUT2D eigenvalue weighted by atomic mass is 32.2. The van der Waals surface area contributed by atoms with Gasteiger partial charge in [-0.3, -0.25) is 0 Å². The molecule has 0 radical (unpaired) electrons. The second-order valence-corrected chi connectivity index (χ2v) is 7.04. The number of hydrogen-bond donors (Lipinski definition) is 2. The third kappa shape index (κ3) is 4.80. The normalized spacial score (nSPS) is 12.4. The van der Waals surface area contributed by atoms with Crippen LogP contribution in [0.5, 0.6) is 0 Å². The van der Waals surface area contributed by atoms with Gasteiger partial charge < -0.3 is 9.84 Å². The van der Waals surface area contributed by atoms with Crippen molar-refractivity contribution in [3.63, 3.8) is 0 Å². The van der Waals surface area contributed by atoms with Gasteiger partial charge in [0.05, 0.1) is 16.1 Å². The zero-order valence-corrected chi connectivity index (χ0v) is 13.5. The number of carboxylic acid groups (broad SMARTS) is 1. The van der Waals surface area contributed by atoms with E-state index in [1.165, 1.54) is 12.1 Å². The number of ether oxygens (including phenoxy) is 1. The fourth-order valence-electron chi connectivity index (χ4n) is 1.81. The van der Waals surface area contributed by atoms with Crippen molar-refractivity contribution < 1.29 is 23.1 Å². The molecule has 2 N–H and O–H groups in total.